The van der Waals surface area contributed by atoms with E-state index in [1.54, 1.807) is 18.0 Å². The molecule has 1 aromatic rings. The minimum atomic E-state index is -0.426. The van der Waals surface area contributed by atoms with Crippen molar-refractivity contribution in [3.8, 4) is 0 Å². The van der Waals surface area contributed by atoms with Crippen LogP contribution in [0, 0.1) is 5.82 Å². The minimum absolute atomic E-state index is 0.0552. The molecule has 3 nitrogen and oxygen atoms in total. The maximum Gasteiger partial charge on any atom is 0.241 e. The van der Waals surface area contributed by atoms with Gasteiger partial charge in [-0.25, -0.2) is 4.39 Å². The Bertz CT molecular complexity index is 389. The third-order valence-corrected chi connectivity index (χ3v) is 2.69. The van der Waals surface area contributed by atoms with Crippen molar-refractivity contribution in [2.75, 3.05) is 18.9 Å². The van der Waals surface area contributed by atoms with Gasteiger partial charge in [0.2, 0.25) is 5.91 Å². The van der Waals surface area contributed by atoms with Gasteiger partial charge in [0, 0.05) is 23.8 Å². The molecule has 17 heavy (non-hydrogen) atoms. The maximum absolute atomic E-state index is 13.0. The van der Waals surface area contributed by atoms with E-state index in [1.807, 2.05) is 13.8 Å². The van der Waals surface area contributed by atoms with E-state index >= 15 is 0 Å². The highest BCUT2D eigenvalue weighted by molar-refractivity contribution is 6.30. The number of carbonyl (C=O) groups is 1. The number of hydrogen-bond acceptors (Lipinski definition) is 2. The van der Waals surface area contributed by atoms with Crippen molar-refractivity contribution in [2.45, 2.75) is 19.9 Å². The van der Waals surface area contributed by atoms with Crippen molar-refractivity contribution in [3.05, 3.63) is 29.0 Å². The van der Waals surface area contributed by atoms with E-state index in [2.05, 4.69) is 5.32 Å². The maximum atomic E-state index is 13.0. The molecule has 0 aliphatic heterocycles. The molecule has 0 bridgehead atoms. The van der Waals surface area contributed by atoms with E-state index in [-0.39, 0.29) is 18.5 Å². The number of nitrogens with one attached hydrogen (secondary N) is 1. The molecule has 1 amide bonds. The molecule has 5 heteroatoms. The number of amides is 1. The predicted octanol–water partition coefficient (Wildman–Crippen LogP) is 2.76. The van der Waals surface area contributed by atoms with E-state index in [0.717, 1.165) is 0 Å². The molecule has 0 saturated heterocycles. The molecule has 0 aliphatic rings. The molecule has 0 spiro atoms. The lowest BCUT2D eigenvalue weighted by Crippen LogP contribution is -2.37. The number of hydrogen-bond donors (Lipinski definition) is 1. The fraction of sp³-hybridized carbons (Fsp3) is 0.417. The zero-order chi connectivity index (χ0) is 13.0. The van der Waals surface area contributed by atoms with Gasteiger partial charge in [0.1, 0.15) is 5.82 Å². The van der Waals surface area contributed by atoms with Crippen molar-refractivity contribution >= 4 is 23.2 Å². The molecule has 94 valence electrons. The van der Waals surface area contributed by atoms with Gasteiger partial charge in [-0.1, -0.05) is 11.6 Å². The lowest BCUT2D eigenvalue weighted by molar-refractivity contribution is -0.129. The molecule has 0 aliphatic carbocycles. The second kappa shape index (κ2) is 5.87. The van der Waals surface area contributed by atoms with E-state index < -0.39 is 5.82 Å². The molecular formula is C12H16ClFN2O. The van der Waals surface area contributed by atoms with Crippen LogP contribution in [0.15, 0.2) is 18.2 Å². The van der Waals surface area contributed by atoms with Crippen molar-refractivity contribution in [3.63, 3.8) is 0 Å². The normalized spacial score (nSPS) is 10.5. The molecule has 0 radical (unpaired) electrons. The molecule has 0 fully saturated rings. The van der Waals surface area contributed by atoms with Crippen LogP contribution in [0.4, 0.5) is 10.1 Å². The quantitative estimate of drug-likeness (QED) is 0.901. The third kappa shape index (κ3) is 4.23. The van der Waals surface area contributed by atoms with Gasteiger partial charge >= 0.3 is 0 Å². The largest absolute Gasteiger partial charge is 0.376 e. The zero-order valence-electron chi connectivity index (χ0n) is 10.1. The van der Waals surface area contributed by atoms with Gasteiger partial charge in [-0.05, 0) is 32.0 Å². The summed E-state index contributed by atoms with van der Waals surface area (Å²) in [5, 5.41) is 3.15. The smallest absolute Gasteiger partial charge is 0.241 e. The first kappa shape index (κ1) is 13.8. The molecular weight excluding hydrogens is 243 g/mol. The Morgan fingerprint density at radius 3 is 2.65 bits per heavy atom. The zero-order valence-corrected chi connectivity index (χ0v) is 10.9. The van der Waals surface area contributed by atoms with Crippen LogP contribution in [0.2, 0.25) is 5.02 Å². The van der Waals surface area contributed by atoms with Crippen molar-refractivity contribution in [1.82, 2.24) is 4.90 Å². The van der Waals surface area contributed by atoms with Gasteiger partial charge in [-0.15, -0.1) is 0 Å². The van der Waals surface area contributed by atoms with Crippen LogP contribution in [0.25, 0.3) is 0 Å². The van der Waals surface area contributed by atoms with Crippen LogP contribution < -0.4 is 5.32 Å². The highest BCUT2D eigenvalue weighted by atomic mass is 35.5. The highest BCUT2D eigenvalue weighted by Crippen LogP contribution is 2.17. The number of benzene rings is 1. The Hall–Kier alpha value is -1.29. The Kier molecular flexibility index (Phi) is 4.75. The Morgan fingerprint density at radius 2 is 2.12 bits per heavy atom. The Balaban J connectivity index is 2.58. The van der Waals surface area contributed by atoms with Crippen LogP contribution in [-0.2, 0) is 4.79 Å². The first-order valence-corrected chi connectivity index (χ1v) is 5.73. The third-order valence-electron chi connectivity index (χ3n) is 2.47. The average molecular weight is 259 g/mol. The molecule has 1 rings (SSSR count). The molecule has 0 heterocycles. The van der Waals surface area contributed by atoms with E-state index in [1.165, 1.54) is 12.1 Å². The second-order valence-electron chi connectivity index (χ2n) is 4.11. The lowest BCUT2D eigenvalue weighted by atomic mass is 10.3. The van der Waals surface area contributed by atoms with Crippen molar-refractivity contribution < 1.29 is 9.18 Å². The van der Waals surface area contributed by atoms with Crippen molar-refractivity contribution in [1.29, 1.82) is 0 Å². The summed E-state index contributed by atoms with van der Waals surface area (Å²) >= 11 is 5.70. The van der Waals surface area contributed by atoms with Gasteiger partial charge in [0.25, 0.3) is 0 Å². The van der Waals surface area contributed by atoms with Crippen LogP contribution in [0.3, 0.4) is 0 Å². The number of anilines is 1. The topological polar surface area (TPSA) is 32.3 Å². The molecule has 1 N–H and O–H groups in total. The fourth-order valence-corrected chi connectivity index (χ4v) is 1.47. The summed E-state index contributed by atoms with van der Waals surface area (Å²) in [4.78, 5) is 13.3. The lowest BCUT2D eigenvalue weighted by Gasteiger charge is -2.21. The number of likely N-dealkylation sites (N-methyl/N-ethyl adjacent to an activating group) is 1. The van der Waals surface area contributed by atoms with E-state index in [0.29, 0.717) is 10.7 Å². The number of nitrogens with zero attached hydrogens (tertiary/aromatic N) is 1. The summed E-state index contributed by atoms with van der Waals surface area (Å²) in [7, 11) is 1.73. The van der Waals surface area contributed by atoms with Crippen LogP contribution in [0.5, 0.6) is 0 Å². The van der Waals surface area contributed by atoms with Gasteiger partial charge in [-0.2, -0.15) is 0 Å². The van der Waals surface area contributed by atoms with E-state index in [9.17, 15) is 9.18 Å². The second-order valence-corrected chi connectivity index (χ2v) is 4.55. The molecule has 0 unspecified atom stereocenters. The first-order valence-electron chi connectivity index (χ1n) is 5.35. The Morgan fingerprint density at radius 1 is 1.47 bits per heavy atom. The molecule has 1 aromatic carbocycles. The molecule has 0 saturated carbocycles. The summed E-state index contributed by atoms with van der Waals surface area (Å²) in [6, 6.07) is 4.23. The summed E-state index contributed by atoms with van der Waals surface area (Å²) in [5.41, 5.74) is 0.500. The average Bonchev–Trinajstić information content (AvgIpc) is 2.23. The standard InChI is InChI=1S/C12H16ClFN2O/c1-8(2)16(3)12(17)7-15-11-5-9(13)4-10(14)6-11/h4-6,8,15H,7H2,1-3H3. The van der Waals surface area contributed by atoms with Crippen LogP contribution in [-0.4, -0.2) is 30.4 Å². The van der Waals surface area contributed by atoms with E-state index in [4.69, 9.17) is 11.6 Å². The SMILES string of the molecule is CC(C)N(C)C(=O)CNc1cc(F)cc(Cl)c1. The highest BCUT2D eigenvalue weighted by Gasteiger charge is 2.11. The summed E-state index contributed by atoms with van der Waals surface area (Å²) in [6.45, 7) is 3.97. The Labute approximate surface area is 106 Å². The minimum Gasteiger partial charge on any atom is -0.376 e. The van der Waals surface area contributed by atoms with Gasteiger partial charge < -0.3 is 10.2 Å². The predicted molar refractivity (Wildman–Crippen MR) is 67.8 cm³/mol. The van der Waals surface area contributed by atoms with Crippen molar-refractivity contribution in [2.24, 2.45) is 0 Å². The van der Waals surface area contributed by atoms with Crippen LogP contribution >= 0.6 is 11.6 Å². The summed E-state index contributed by atoms with van der Waals surface area (Å²) < 4.78 is 13.0. The van der Waals surface area contributed by atoms with Gasteiger partial charge in [-0.3, -0.25) is 4.79 Å². The number of halogens is 2. The van der Waals surface area contributed by atoms with Crippen LogP contribution in [0.1, 0.15) is 13.8 Å². The summed E-state index contributed by atoms with van der Waals surface area (Å²) in [5.74, 6) is -0.481. The monoisotopic (exact) mass is 258 g/mol. The molecule has 0 aromatic heterocycles. The molecule has 0 atom stereocenters. The number of carbonyl (C=O) groups excluding carboxylic acids is 1. The summed E-state index contributed by atoms with van der Waals surface area (Å²) in [6.07, 6.45) is 0. The first-order chi connectivity index (χ1) is 7.90. The fourth-order valence-electron chi connectivity index (χ4n) is 1.25. The van der Waals surface area contributed by atoms with Gasteiger partial charge in [0.05, 0.1) is 6.54 Å². The van der Waals surface area contributed by atoms with Gasteiger partial charge in [0.15, 0.2) is 0 Å². The number of rotatable bonds is 4.